The summed E-state index contributed by atoms with van der Waals surface area (Å²) in [4.78, 5) is 19.1. The maximum absolute atomic E-state index is 12.3. The third kappa shape index (κ3) is 4.66. The molecule has 1 aliphatic heterocycles. The highest BCUT2D eigenvalue weighted by molar-refractivity contribution is 5.78. The van der Waals surface area contributed by atoms with E-state index >= 15 is 0 Å². The van der Waals surface area contributed by atoms with Crippen LogP contribution >= 0.6 is 0 Å². The molecule has 1 saturated heterocycles. The third-order valence-corrected chi connectivity index (χ3v) is 5.41. The van der Waals surface area contributed by atoms with Crippen LogP contribution in [0, 0.1) is 0 Å². The summed E-state index contributed by atoms with van der Waals surface area (Å²) in [5.41, 5.74) is 5.01. The maximum Gasteiger partial charge on any atom is 0.224 e. The Kier molecular flexibility index (Phi) is 5.68. The molecule has 2 aromatic rings. The maximum atomic E-state index is 12.3. The first kappa shape index (κ1) is 18.0. The number of hydrogen-bond acceptors (Lipinski definition) is 4. The van der Waals surface area contributed by atoms with E-state index in [4.69, 9.17) is 4.74 Å². The molecular formula is C22H27N3O2. The van der Waals surface area contributed by atoms with Crippen molar-refractivity contribution in [3.8, 4) is 0 Å². The lowest BCUT2D eigenvalue weighted by atomic mass is 9.90. The number of fused-ring (bicyclic) bond motifs is 1. The number of carbonyl (C=O) groups excluding carboxylic acids is 1. The smallest absolute Gasteiger partial charge is 0.224 e. The van der Waals surface area contributed by atoms with Gasteiger partial charge in [0.25, 0.3) is 0 Å². The number of morpholine rings is 1. The molecule has 2 aliphatic rings. The molecule has 1 N–H and O–H groups in total. The molecule has 27 heavy (non-hydrogen) atoms. The first-order valence-electron chi connectivity index (χ1n) is 9.93. The Balaban J connectivity index is 1.28. The quantitative estimate of drug-likeness (QED) is 0.885. The molecule has 0 unspecified atom stereocenters. The molecule has 1 amide bonds. The molecule has 142 valence electrons. The Morgan fingerprint density at radius 3 is 2.59 bits per heavy atom. The van der Waals surface area contributed by atoms with Crippen molar-refractivity contribution in [1.82, 2.24) is 10.3 Å². The first-order chi connectivity index (χ1) is 13.3. The zero-order valence-corrected chi connectivity index (χ0v) is 15.7. The van der Waals surface area contributed by atoms with Crippen molar-refractivity contribution in [2.75, 3.05) is 31.2 Å². The largest absolute Gasteiger partial charge is 0.378 e. The molecule has 1 aliphatic carbocycles. The van der Waals surface area contributed by atoms with Gasteiger partial charge in [-0.15, -0.1) is 0 Å². The number of carbonyl (C=O) groups is 1. The number of aryl methyl sites for hydroxylation is 2. The summed E-state index contributed by atoms with van der Waals surface area (Å²) >= 11 is 0. The van der Waals surface area contributed by atoms with Crippen LogP contribution in [-0.2, 0) is 35.3 Å². The number of amides is 1. The third-order valence-electron chi connectivity index (χ3n) is 5.41. The van der Waals surface area contributed by atoms with Crippen LogP contribution in [0.4, 0.5) is 5.82 Å². The van der Waals surface area contributed by atoms with Gasteiger partial charge in [0.1, 0.15) is 5.82 Å². The van der Waals surface area contributed by atoms with Crippen LogP contribution in [-0.4, -0.2) is 37.2 Å². The Labute approximate surface area is 160 Å². The molecule has 0 atom stereocenters. The zero-order valence-electron chi connectivity index (χ0n) is 15.7. The molecule has 0 spiro atoms. The fourth-order valence-electron chi connectivity index (χ4n) is 3.85. The highest BCUT2D eigenvalue weighted by atomic mass is 16.5. The molecular weight excluding hydrogens is 338 g/mol. The number of nitrogens with zero attached hydrogens (tertiary/aromatic N) is 2. The van der Waals surface area contributed by atoms with E-state index in [1.807, 2.05) is 18.3 Å². The number of anilines is 1. The van der Waals surface area contributed by atoms with E-state index in [0.29, 0.717) is 13.0 Å². The second-order valence-corrected chi connectivity index (χ2v) is 7.39. The van der Waals surface area contributed by atoms with Crippen LogP contribution in [0.3, 0.4) is 0 Å². The van der Waals surface area contributed by atoms with Crippen molar-refractivity contribution < 1.29 is 9.53 Å². The fraction of sp³-hybridized carbons (Fsp3) is 0.455. The summed E-state index contributed by atoms with van der Waals surface area (Å²) in [6, 6.07) is 10.6. The number of ether oxygens (including phenoxy) is 1. The molecule has 1 fully saturated rings. The van der Waals surface area contributed by atoms with Crippen molar-refractivity contribution >= 4 is 11.7 Å². The van der Waals surface area contributed by atoms with E-state index in [1.165, 1.54) is 30.4 Å². The van der Waals surface area contributed by atoms with Crippen LogP contribution in [0.1, 0.15) is 35.1 Å². The van der Waals surface area contributed by atoms with Gasteiger partial charge in [-0.1, -0.05) is 24.3 Å². The van der Waals surface area contributed by atoms with E-state index < -0.39 is 0 Å². The standard InChI is InChI=1S/C22H27N3O2/c26-22(14-17-5-7-19-3-1-2-4-20(19)13-17)24-16-18-6-8-21(23-15-18)25-9-11-27-12-10-25/h5-8,13,15H,1-4,9-12,14,16H2,(H,24,26). The van der Waals surface area contributed by atoms with E-state index in [9.17, 15) is 4.79 Å². The molecule has 0 radical (unpaired) electrons. The second-order valence-electron chi connectivity index (χ2n) is 7.39. The summed E-state index contributed by atoms with van der Waals surface area (Å²) in [6.45, 7) is 3.78. The minimum Gasteiger partial charge on any atom is -0.378 e. The molecule has 0 bridgehead atoms. The molecule has 5 nitrogen and oxygen atoms in total. The summed E-state index contributed by atoms with van der Waals surface area (Å²) in [5.74, 6) is 1.03. The van der Waals surface area contributed by atoms with Crippen molar-refractivity contribution in [2.45, 2.75) is 38.6 Å². The summed E-state index contributed by atoms with van der Waals surface area (Å²) in [6.07, 6.45) is 7.15. The van der Waals surface area contributed by atoms with Gasteiger partial charge in [0.05, 0.1) is 19.6 Å². The topological polar surface area (TPSA) is 54.5 Å². The number of hydrogen-bond donors (Lipinski definition) is 1. The van der Waals surface area contributed by atoms with Crippen molar-refractivity contribution in [2.24, 2.45) is 0 Å². The van der Waals surface area contributed by atoms with Crippen LogP contribution in [0.15, 0.2) is 36.5 Å². The van der Waals surface area contributed by atoms with Gasteiger partial charge in [-0.05, 0) is 54.0 Å². The van der Waals surface area contributed by atoms with Gasteiger partial charge in [-0.2, -0.15) is 0 Å². The van der Waals surface area contributed by atoms with Gasteiger partial charge in [-0.25, -0.2) is 4.98 Å². The number of nitrogens with one attached hydrogen (secondary N) is 1. The van der Waals surface area contributed by atoms with Gasteiger partial charge >= 0.3 is 0 Å². The van der Waals surface area contributed by atoms with Gasteiger partial charge in [0.15, 0.2) is 0 Å². The Morgan fingerprint density at radius 2 is 1.81 bits per heavy atom. The van der Waals surface area contributed by atoms with Crippen LogP contribution in [0.2, 0.25) is 0 Å². The second kappa shape index (κ2) is 8.53. The fourth-order valence-corrected chi connectivity index (χ4v) is 3.85. The van der Waals surface area contributed by atoms with E-state index in [0.717, 1.165) is 49.7 Å². The van der Waals surface area contributed by atoms with E-state index in [1.54, 1.807) is 0 Å². The predicted octanol–water partition coefficient (Wildman–Crippen LogP) is 2.66. The molecule has 1 aromatic carbocycles. The number of benzene rings is 1. The van der Waals surface area contributed by atoms with Gasteiger partial charge in [-0.3, -0.25) is 4.79 Å². The minimum atomic E-state index is 0.0583. The Bertz CT molecular complexity index is 783. The van der Waals surface area contributed by atoms with E-state index in [2.05, 4.69) is 33.4 Å². The summed E-state index contributed by atoms with van der Waals surface area (Å²) in [5, 5.41) is 3.01. The highest BCUT2D eigenvalue weighted by Gasteiger charge is 2.13. The van der Waals surface area contributed by atoms with E-state index in [-0.39, 0.29) is 5.91 Å². The normalized spacial score (nSPS) is 16.7. The molecule has 2 heterocycles. The van der Waals surface area contributed by atoms with Crippen LogP contribution in [0.25, 0.3) is 0 Å². The lowest BCUT2D eigenvalue weighted by Gasteiger charge is -2.27. The minimum absolute atomic E-state index is 0.0583. The molecule has 4 rings (SSSR count). The van der Waals surface area contributed by atoms with Crippen molar-refractivity contribution in [3.63, 3.8) is 0 Å². The summed E-state index contributed by atoms with van der Waals surface area (Å²) < 4.78 is 5.37. The molecule has 1 aromatic heterocycles. The average molecular weight is 365 g/mol. The number of rotatable bonds is 5. The van der Waals surface area contributed by atoms with Gasteiger partial charge in [0, 0.05) is 25.8 Å². The van der Waals surface area contributed by atoms with Crippen LogP contribution < -0.4 is 10.2 Å². The number of aromatic nitrogens is 1. The van der Waals surface area contributed by atoms with Crippen molar-refractivity contribution in [1.29, 1.82) is 0 Å². The highest BCUT2D eigenvalue weighted by Crippen LogP contribution is 2.22. The monoisotopic (exact) mass is 365 g/mol. The summed E-state index contributed by atoms with van der Waals surface area (Å²) in [7, 11) is 0. The van der Waals surface area contributed by atoms with Crippen LogP contribution in [0.5, 0.6) is 0 Å². The van der Waals surface area contributed by atoms with Gasteiger partial charge < -0.3 is 15.0 Å². The molecule has 5 heteroatoms. The average Bonchev–Trinajstić information content (AvgIpc) is 2.73. The SMILES string of the molecule is O=C(Cc1ccc2c(c1)CCCC2)NCc1ccc(N2CCOCC2)nc1. The van der Waals surface area contributed by atoms with Gasteiger partial charge in [0.2, 0.25) is 5.91 Å². The Hall–Kier alpha value is -2.40. The Morgan fingerprint density at radius 1 is 1.04 bits per heavy atom. The molecule has 0 saturated carbocycles. The van der Waals surface area contributed by atoms with Crippen molar-refractivity contribution in [3.05, 3.63) is 58.8 Å². The first-order valence-corrected chi connectivity index (χ1v) is 9.93. The lowest BCUT2D eigenvalue weighted by molar-refractivity contribution is -0.120. The number of pyridine rings is 1. The zero-order chi connectivity index (χ0) is 18.5. The lowest BCUT2D eigenvalue weighted by Crippen LogP contribution is -2.36. The predicted molar refractivity (Wildman–Crippen MR) is 106 cm³/mol.